The number of sulfonamides is 1. The van der Waals surface area contributed by atoms with Crippen LogP contribution in [0.2, 0.25) is 0 Å². The van der Waals surface area contributed by atoms with E-state index < -0.39 is 10.0 Å². The summed E-state index contributed by atoms with van der Waals surface area (Å²) in [6.07, 6.45) is 3.04. The molecule has 1 N–H and O–H groups in total. The van der Waals surface area contributed by atoms with E-state index >= 15 is 0 Å². The highest BCUT2D eigenvalue weighted by Crippen LogP contribution is 2.18. The smallest absolute Gasteiger partial charge is 0.243 e. The molecule has 6 heteroatoms. The average Bonchev–Trinajstić information content (AvgIpc) is 2.38. The molecular formula is C14H18N2O3S. The highest BCUT2D eigenvalue weighted by Gasteiger charge is 2.22. The van der Waals surface area contributed by atoms with E-state index in [1.807, 2.05) is 0 Å². The van der Waals surface area contributed by atoms with Gasteiger partial charge < -0.3 is 5.32 Å². The van der Waals surface area contributed by atoms with E-state index in [1.165, 1.54) is 35.5 Å². The number of nitrogens with one attached hydrogen (secondary N) is 1. The van der Waals surface area contributed by atoms with E-state index in [0.29, 0.717) is 5.69 Å². The van der Waals surface area contributed by atoms with Gasteiger partial charge in [-0.1, -0.05) is 12.2 Å². The monoisotopic (exact) mass is 294 g/mol. The molecule has 0 aliphatic rings. The topological polar surface area (TPSA) is 66.5 Å². The van der Waals surface area contributed by atoms with Gasteiger partial charge in [0.15, 0.2) is 0 Å². The first kappa shape index (κ1) is 16.1. The molecule has 5 nitrogen and oxygen atoms in total. The number of carbonyl (C=O) groups excluding carboxylic acids is 1. The second kappa shape index (κ2) is 7.02. The predicted octanol–water partition coefficient (Wildman–Crippen LogP) is 2.01. The van der Waals surface area contributed by atoms with E-state index in [9.17, 15) is 13.2 Å². The molecule has 1 aromatic rings. The van der Waals surface area contributed by atoms with Gasteiger partial charge >= 0.3 is 0 Å². The summed E-state index contributed by atoms with van der Waals surface area (Å²) in [5, 5.41) is 2.58. The minimum absolute atomic E-state index is 0.162. The van der Waals surface area contributed by atoms with Crippen LogP contribution in [0, 0.1) is 0 Å². The quantitative estimate of drug-likeness (QED) is 0.782. The van der Waals surface area contributed by atoms with E-state index in [0.717, 1.165) is 0 Å². The first-order chi connectivity index (χ1) is 9.41. The predicted molar refractivity (Wildman–Crippen MR) is 79.9 cm³/mol. The molecule has 0 radical (unpaired) electrons. The summed E-state index contributed by atoms with van der Waals surface area (Å²) < 4.78 is 26.0. The van der Waals surface area contributed by atoms with Crippen molar-refractivity contribution in [2.75, 3.05) is 18.4 Å². The van der Waals surface area contributed by atoms with Crippen LogP contribution in [0.25, 0.3) is 0 Å². The van der Waals surface area contributed by atoms with Gasteiger partial charge in [0.2, 0.25) is 15.9 Å². The second-order valence-electron chi connectivity index (χ2n) is 4.10. The van der Waals surface area contributed by atoms with Gasteiger partial charge in [0, 0.05) is 25.7 Å². The van der Waals surface area contributed by atoms with Crippen molar-refractivity contribution in [1.29, 1.82) is 0 Å². The Morgan fingerprint density at radius 1 is 1.20 bits per heavy atom. The number of hydrogen-bond acceptors (Lipinski definition) is 3. The number of nitrogens with zero attached hydrogens (tertiary/aromatic N) is 1. The largest absolute Gasteiger partial charge is 0.326 e. The lowest BCUT2D eigenvalue weighted by Gasteiger charge is -2.19. The Kier molecular flexibility index (Phi) is 5.66. The van der Waals surface area contributed by atoms with Gasteiger partial charge in [-0.25, -0.2) is 8.42 Å². The van der Waals surface area contributed by atoms with Crippen molar-refractivity contribution in [3.05, 3.63) is 49.6 Å². The Labute approximate surface area is 119 Å². The van der Waals surface area contributed by atoms with Gasteiger partial charge in [0.05, 0.1) is 4.90 Å². The molecule has 0 bridgehead atoms. The number of anilines is 1. The molecule has 1 aromatic carbocycles. The Bertz CT molecular complexity index is 581. The lowest BCUT2D eigenvalue weighted by atomic mass is 10.3. The maximum Gasteiger partial charge on any atom is 0.243 e. The number of amides is 1. The summed E-state index contributed by atoms with van der Waals surface area (Å²) in [5.74, 6) is -0.208. The van der Waals surface area contributed by atoms with Gasteiger partial charge in [0.1, 0.15) is 0 Å². The molecule has 0 atom stereocenters. The summed E-state index contributed by atoms with van der Waals surface area (Å²) in [5.41, 5.74) is 0.551. The molecule has 0 aliphatic carbocycles. The van der Waals surface area contributed by atoms with Crippen LogP contribution in [-0.2, 0) is 14.8 Å². The molecule has 1 rings (SSSR count). The van der Waals surface area contributed by atoms with Gasteiger partial charge in [-0.15, -0.1) is 13.2 Å². The fourth-order valence-corrected chi connectivity index (χ4v) is 3.00. The van der Waals surface area contributed by atoms with E-state index in [1.54, 1.807) is 12.1 Å². The summed E-state index contributed by atoms with van der Waals surface area (Å²) in [6, 6.07) is 6.02. The van der Waals surface area contributed by atoms with E-state index in [-0.39, 0.29) is 23.9 Å². The summed E-state index contributed by atoms with van der Waals surface area (Å²) in [6.45, 7) is 8.91. The zero-order valence-corrected chi connectivity index (χ0v) is 12.2. The first-order valence-corrected chi connectivity index (χ1v) is 7.45. The Morgan fingerprint density at radius 2 is 1.70 bits per heavy atom. The molecule has 0 unspecified atom stereocenters. The minimum Gasteiger partial charge on any atom is -0.326 e. The zero-order valence-electron chi connectivity index (χ0n) is 11.4. The van der Waals surface area contributed by atoms with Crippen molar-refractivity contribution in [1.82, 2.24) is 4.31 Å². The fraction of sp³-hybridized carbons (Fsp3) is 0.214. The summed E-state index contributed by atoms with van der Waals surface area (Å²) >= 11 is 0. The fourth-order valence-electron chi connectivity index (χ4n) is 1.62. The van der Waals surface area contributed by atoms with Crippen LogP contribution in [0.3, 0.4) is 0 Å². The van der Waals surface area contributed by atoms with Gasteiger partial charge in [-0.3, -0.25) is 4.79 Å². The van der Waals surface area contributed by atoms with Crippen molar-refractivity contribution in [3.8, 4) is 0 Å². The summed E-state index contributed by atoms with van der Waals surface area (Å²) in [7, 11) is -3.59. The first-order valence-electron chi connectivity index (χ1n) is 6.01. The van der Waals surface area contributed by atoms with Crippen LogP contribution in [0.5, 0.6) is 0 Å². The van der Waals surface area contributed by atoms with Gasteiger partial charge in [0.25, 0.3) is 0 Å². The second-order valence-corrected chi connectivity index (χ2v) is 6.04. The SMILES string of the molecule is C=CCN(CC=C)S(=O)(=O)c1ccc(NC(C)=O)cc1. The molecular weight excluding hydrogens is 276 g/mol. The number of rotatable bonds is 7. The van der Waals surface area contributed by atoms with Crippen molar-refractivity contribution in [2.45, 2.75) is 11.8 Å². The number of hydrogen-bond donors (Lipinski definition) is 1. The van der Waals surface area contributed by atoms with Crippen molar-refractivity contribution >= 4 is 21.6 Å². The maximum atomic E-state index is 12.4. The molecule has 0 heterocycles. The molecule has 20 heavy (non-hydrogen) atoms. The van der Waals surface area contributed by atoms with Crippen LogP contribution in [-0.4, -0.2) is 31.7 Å². The van der Waals surface area contributed by atoms with Crippen molar-refractivity contribution < 1.29 is 13.2 Å². The Morgan fingerprint density at radius 3 is 2.10 bits per heavy atom. The molecule has 1 amide bonds. The Balaban J connectivity index is 3.04. The van der Waals surface area contributed by atoms with Crippen LogP contribution in [0.4, 0.5) is 5.69 Å². The zero-order chi connectivity index (χ0) is 15.2. The van der Waals surface area contributed by atoms with Gasteiger partial charge in [-0.05, 0) is 24.3 Å². The van der Waals surface area contributed by atoms with E-state index in [2.05, 4.69) is 18.5 Å². The molecule has 0 saturated heterocycles. The maximum absolute atomic E-state index is 12.4. The summed E-state index contributed by atoms with van der Waals surface area (Å²) in [4.78, 5) is 11.1. The van der Waals surface area contributed by atoms with Crippen LogP contribution >= 0.6 is 0 Å². The minimum atomic E-state index is -3.59. The molecule has 0 fully saturated rings. The van der Waals surface area contributed by atoms with E-state index in [4.69, 9.17) is 0 Å². The molecule has 108 valence electrons. The average molecular weight is 294 g/mol. The molecule has 0 spiro atoms. The standard InChI is InChI=1S/C14H18N2O3S/c1-4-10-16(11-5-2)20(18,19)14-8-6-13(7-9-14)15-12(3)17/h4-9H,1-2,10-11H2,3H3,(H,15,17). The normalized spacial score (nSPS) is 11.1. The molecule has 0 aliphatic heterocycles. The highest BCUT2D eigenvalue weighted by atomic mass is 32.2. The van der Waals surface area contributed by atoms with Crippen LogP contribution < -0.4 is 5.32 Å². The lowest BCUT2D eigenvalue weighted by molar-refractivity contribution is -0.114. The Hall–Kier alpha value is -1.92. The number of benzene rings is 1. The highest BCUT2D eigenvalue weighted by molar-refractivity contribution is 7.89. The van der Waals surface area contributed by atoms with Crippen LogP contribution in [0.1, 0.15) is 6.92 Å². The molecule has 0 saturated carbocycles. The van der Waals surface area contributed by atoms with Crippen molar-refractivity contribution in [3.63, 3.8) is 0 Å². The third-order valence-corrected chi connectivity index (χ3v) is 4.32. The molecule has 0 aromatic heterocycles. The third-order valence-electron chi connectivity index (χ3n) is 2.48. The van der Waals surface area contributed by atoms with Crippen LogP contribution in [0.15, 0.2) is 54.5 Å². The van der Waals surface area contributed by atoms with Crippen molar-refractivity contribution in [2.24, 2.45) is 0 Å². The van der Waals surface area contributed by atoms with Gasteiger partial charge in [-0.2, -0.15) is 4.31 Å². The lowest BCUT2D eigenvalue weighted by Crippen LogP contribution is -2.31. The number of carbonyl (C=O) groups is 1. The third kappa shape index (κ3) is 4.04.